The second kappa shape index (κ2) is 6.22. The van der Waals surface area contributed by atoms with E-state index in [1.165, 1.54) is 0 Å². The molecule has 0 N–H and O–H groups in total. The molecule has 0 heterocycles. The zero-order valence-corrected chi connectivity index (χ0v) is 10.6. The summed E-state index contributed by atoms with van der Waals surface area (Å²) in [6.45, 7) is 3.31. The number of carbonyl (C=O) groups excluding carboxylic acids is 1. The van der Waals surface area contributed by atoms with E-state index in [-0.39, 0.29) is 18.9 Å². The number of carbonyl (C=O) groups is 1. The molecule has 0 fully saturated rings. The molecule has 0 atom stereocenters. The van der Waals surface area contributed by atoms with Gasteiger partial charge in [-0.05, 0) is 37.1 Å². The average molecular weight is 265 g/mol. The molecule has 0 saturated carbocycles. The van der Waals surface area contributed by atoms with E-state index < -0.39 is 12.6 Å². The maximum absolute atomic E-state index is 10.2. The van der Waals surface area contributed by atoms with Crippen LogP contribution in [0.15, 0.2) is 16.6 Å². The molecule has 0 spiro atoms. The smallest absolute Gasteiger partial charge is 0.546 e. The van der Waals surface area contributed by atoms with Crippen molar-refractivity contribution in [2.75, 3.05) is 6.61 Å². The number of hydrogen-bond acceptors (Lipinski definition) is 3. The van der Waals surface area contributed by atoms with Gasteiger partial charge in [-0.2, -0.15) is 0 Å². The summed E-state index contributed by atoms with van der Waals surface area (Å²) < 4.78 is 6.05. The van der Waals surface area contributed by atoms with Crippen molar-refractivity contribution in [3.63, 3.8) is 0 Å². The molecule has 0 aromatic heterocycles. The fourth-order valence-corrected chi connectivity index (χ4v) is 1.94. The summed E-state index contributed by atoms with van der Waals surface area (Å²) in [6.07, 6.45) is 0. The average Bonchev–Trinajstić information content (AvgIpc) is 2.01. The van der Waals surface area contributed by atoms with Gasteiger partial charge in [0.1, 0.15) is 12.4 Å². The molecule has 3 nitrogen and oxygen atoms in total. The van der Waals surface area contributed by atoms with E-state index in [9.17, 15) is 9.90 Å². The van der Waals surface area contributed by atoms with Gasteiger partial charge in [0.15, 0.2) is 0 Å². The number of hydrogen-bond donors (Lipinski definition) is 0. The Labute approximate surface area is 109 Å². The second-order valence-electron chi connectivity index (χ2n) is 3.03. The maximum atomic E-state index is 10.2. The first-order valence-corrected chi connectivity index (χ1v) is 4.89. The molecular formula is C10H10BrLiO3. The number of aliphatic carboxylic acids is 1. The van der Waals surface area contributed by atoms with E-state index in [1.54, 1.807) is 0 Å². The van der Waals surface area contributed by atoms with Gasteiger partial charge >= 0.3 is 18.9 Å². The first kappa shape index (κ1) is 14.6. The van der Waals surface area contributed by atoms with E-state index in [2.05, 4.69) is 15.9 Å². The van der Waals surface area contributed by atoms with Crippen LogP contribution in [0.1, 0.15) is 11.1 Å². The summed E-state index contributed by atoms with van der Waals surface area (Å²) in [5.41, 5.74) is 1.80. The van der Waals surface area contributed by atoms with E-state index in [1.807, 2.05) is 26.0 Å². The van der Waals surface area contributed by atoms with Crippen LogP contribution < -0.4 is 28.7 Å². The van der Waals surface area contributed by atoms with Crippen LogP contribution in [0.25, 0.3) is 0 Å². The minimum Gasteiger partial charge on any atom is -0.546 e. The molecule has 5 heteroatoms. The van der Waals surface area contributed by atoms with Crippen LogP contribution in [-0.4, -0.2) is 12.6 Å². The van der Waals surface area contributed by atoms with Crippen molar-refractivity contribution in [2.45, 2.75) is 13.8 Å². The van der Waals surface area contributed by atoms with E-state index >= 15 is 0 Å². The number of carboxylic acid groups (broad SMARTS) is 1. The summed E-state index contributed by atoms with van der Waals surface area (Å²) in [4.78, 5) is 10.2. The van der Waals surface area contributed by atoms with Crippen LogP contribution in [0.5, 0.6) is 5.75 Å². The van der Waals surface area contributed by atoms with Crippen LogP contribution in [0.2, 0.25) is 0 Å². The predicted octanol–water partition coefficient (Wildman–Crippen LogP) is -1.80. The Morgan fingerprint density at radius 3 is 2.27 bits per heavy atom. The summed E-state index contributed by atoms with van der Waals surface area (Å²) >= 11 is 3.34. The van der Waals surface area contributed by atoms with Crippen molar-refractivity contribution >= 4 is 21.9 Å². The Kier molecular flexibility index (Phi) is 6.04. The fourth-order valence-electron chi connectivity index (χ4n) is 1.26. The molecule has 0 bridgehead atoms. The monoisotopic (exact) mass is 264 g/mol. The Morgan fingerprint density at radius 2 is 1.87 bits per heavy atom. The first-order chi connectivity index (χ1) is 6.50. The molecular weight excluding hydrogens is 255 g/mol. The van der Waals surface area contributed by atoms with Crippen molar-refractivity contribution in [1.82, 2.24) is 0 Å². The Morgan fingerprint density at radius 1 is 1.40 bits per heavy atom. The van der Waals surface area contributed by atoms with Crippen molar-refractivity contribution in [2.24, 2.45) is 0 Å². The molecule has 0 saturated heterocycles. The number of halogens is 1. The fraction of sp³-hybridized carbons (Fsp3) is 0.300. The van der Waals surface area contributed by atoms with Gasteiger partial charge in [0, 0.05) is 4.47 Å². The van der Waals surface area contributed by atoms with Crippen molar-refractivity contribution in [3.05, 3.63) is 27.7 Å². The third-order valence-electron chi connectivity index (χ3n) is 1.76. The Hall–Kier alpha value is -0.433. The molecule has 1 aromatic carbocycles. The van der Waals surface area contributed by atoms with Crippen LogP contribution in [-0.2, 0) is 4.79 Å². The van der Waals surface area contributed by atoms with Gasteiger partial charge in [0.2, 0.25) is 0 Å². The Balaban J connectivity index is 0.00000196. The second-order valence-corrected chi connectivity index (χ2v) is 3.95. The molecule has 0 aliphatic rings. The van der Waals surface area contributed by atoms with Crippen molar-refractivity contribution in [3.8, 4) is 5.75 Å². The maximum Gasteiger partial charge on any atom is 1.00 e. The van der Waals surface area contributed by atoms with Crippen molar-refractivity contribution in [1.29, 1.82) is 0 Å². The summed E-state index contributed by atoms with van der Waals surface area (Å²) in [5, 5.41) is 10.2. The van der Waals surface area contributed by atoms with Crippen LogP contribution in [0.4, 0.5) is 0 Å². The molecule has 0 aliphatic heterocycles. The van der Waals surface area contributed by atoms with E-state index in [0.29, 0.717) is 5.75 Å². The SMILES string of the molecule is Cc1cc(Br)cc(C)c1OCC(=O)[O-].[Li+]. The minimum atomic E-state index is -1.22. The number of carboxylic acids is 1. The van der Waals surface area contributed by atoms with Crippen LogP contribution in [0, 0.1) is 13.8 Å². The van der Waals surface area contributed by atoms with Crippen molar-refractivity contribution < 1.29 is 33.5 Å². The van der Waals surface area contributed by atoms with Crippen LogP contribution in [0.3, 0.4) is 0 Å². The number of aryl methyl sites for hydroxylation is 2. The predicted molar refractivity (Wildman–Crippen MR) is 54.1 cm³/mol. The largest absolute Gasteiger partial charge is 1.00 e. The molecule has 76 valence electrons. The molecule has 0 radical (unpaired) electrons. The third-order valence-corrected chi connectivity index (χ3v) is 2.22. The third kappa shape index (κ3) is 4.29. The van der Waals surface area contributed by atoms with Gasteiger partial charge in [-0.25, -0.2) is 0 Å². The molecule has 15 heavy (non-hydrogen) atoms. The standard InChI is InChI=1S/C10H11BrO3.Li/c1-6-3-8(11)4-7(2)10(6)14-5-9(12)13;/h3-4H,5H2,1-2H3,(H,12,13);/q;+1/p-1. The number of benzene rings is 1. The zero-order chi connectivity index (χ0) is 10.7. The summed E-state index contributed by atoms with van der Waals surface area (Å²) in [7, 11) is 0. The van der Waals surface area contributed by atoms with Gasteiger partial charge in [-0.15, -0.1) is 0 Å². The van der Waals surface area contributed by atoms with E-state index in [0.717, 1.165) is 15.6 Å². The Bertz CT molecular complexity index is 343. The normalized spacial score (nSPS) is 9.27. The summed E-state index contributed by atoms with van der Waals surface area (Å²) in [5.74, 6) is -0.607. The molecule has 0 aliphatic carbocycles. The number of ether oxygens (including phenoxy) is 1. The molecule has 1 aromatic rings. The van der Waals surface area contributed by atoms with Gasteiger partial charge < -0.3 is 14.6 Å². The van der Waals surface area contributed by atoms with Gasteiger partial charge in [-0.1, -0.05) is 15.9 Å². The first-order valence-electron chi connectivity index (χ1n) is 4.10. The zero-order valence-electron chi connectivity index (χ0n) is 8.96. The van der Waals surface area contributed by atoms with Gasteiger partial charge in [0.05, 0.1) is 5.97 Å². The summed E-state index contributed by atoms with van der Waals surface area (Å²) in [6, 6.07) is 3.75. The topological polar surface area (TPSA) is 49.4 Å². The van der Waals surface area contributed by atoms with E-state index in [4.69, 9.17) is 4.74 Å². The molecule has 0 amide bonds. The van der Waals surface area contributed by atoms with Crippen LogP contribution >= 0.6 is 15.9 Å². The minimum absolute atomic E-state index is 0. The van der Waals surface area contributed by atoms with Gasteiger partial charge in [-0.3, -0.25) is 0 Å². The van der Waals surface area contributed by atoms with Gasteiger partial charge in [0.25, 0.3) is 0 Å². The molecule has 1 rings (SSSR count). The number of rotatable bonds is 3. The quantitative estimate of drug-likeness (QED) is 0.606. The molecule has 0 unspecified atom stereocenters.